The normalized spacial score (nSPS) is 13.0. The van der Waals surface area contributed by atoms with E-state index in [1.807, 2.05) is 66.7 Å². The molecule has 1 aliphatic rings. The third kappa shape index (κ3) is 6.05. The van der Waals surface area contributed by atoms with Gasteiger partial charge in [0.15, 0.2) is 17.5 Å². The highest BCUT2D eigenvalue weighted by Crippen LogP contribution is 2.52. The summed E-state index contributed by atoms with van der Waals surface area (Å²) in [7, 11) is 0. The van der Waals surface area contributed by atoms with Crippen molar-refractivity contribution in [2.75, 3.05) is 0 Å². The van der Waals surface area contributed by atoms with Gasteiger partial charge in [-0.2, -0.15) is 0 Å². The van der Waals surface area contributed by atoms with E-state index in [9.17, 15) is 0 Å². The second-order valence-electron chi connectivity index (χ2n) is 19.6. The van der Waals surface area contributed by atoms with E-state index >= 15 is 0 Å². The maximum Gasteiger partial charge on any atom is 0.164 e. The lowest BCUT2D eigenvalue weighted by atomic mass is 9.82. The van der Waals surface area contributed by atoms with Crippen LogP contribution in [0.2, 0.25) is 0 Å². The van der Waals surface area contributed by atoms with Crippen LogP contribution in [0.25, 0.3) is 133 Å². The number of aromatic nitrogens is 5. The number of rotatable bonds is 6. The summed E-state index contributed by atoms with van der Waals surface area (Å²) in [6.45, 7) is 4.75. The van der Waals surface area contributed by atoms with Gasteiger partial charge in [-0.1, -0.05) is 147 Å². The zero-order valence-electron chi connectivity index (χ0n) is 39.5. The number of fused-ring (bicyclic) bond motifs is 12. The van der Waals surface area contributed by atoms with Crippen molar-refractivity contribution >= 4 is 65.6 Å². The van der Waals surface area contributed by atoms with E-state index in [2.05, 4.69) is 181 Å². The van der Waals surface area contributed by atoms with E-state index in [4.69, 9.17) is 19.4 Å². The van der Waals surface area contributed by atoms with E-state index in [1.165, 1.54) is 60.4 Å². The molecule has 0 spiro atoms. The van der Waals surface area contributed by atoms with Crippen molar-refractivity contribution in [3.63, 3.8) is 0 Å². The summed E-state index contributed by atoms with van der Waals surface area (Å²) in [6.07, 6.45) is 0. The third-order valence-corrected chi connectivity index (χ3v) is 15.2. The summed E-state index contributed by atoms with van der Waals surface area (Å²) in [4.78, 5) is 14.9. The average Bonchev–Trinajstić information content (AvgIpc) is 4.14. The van der Waals surface area contributed by atoms with E-state index in [0.717, 1.165) is 66.6 Å². The minimum absolute atomic E-state index is 0.222. The quantitative estimate of drug-likeness (QED) is 0.167. The van der Waals surface area contributed by atoms with Crippen molar-refractivity contribution in [3.8, 4) is 67.8 Å². The topological polar surface area (TPSA) is 61.7 Å². The Morgan fingerprint density at radius 3 is 1.53 bits per heavy atom. The minimum Gasteiger partial charge on any atom is -0.456 e. The van der Waals surface area contributed by atoms with Gasteiger partial charge in [-0.05, 0) is 118 Å². The number of nitrogens with zero attached hydrogens (tertiary/aromatic N) is 5. The molecule has 0 fully saturated rings. The van der Waals surface area contributed by atoms with Crippen molar-refractivity contribution < 1.29 is 4.42 Å². The summed E-state index contributed by atoms with van der Waals surface area (Å²) in [5.41, 5.74) is 18.9. The third-order valence-electron chi connectivity index (χ3n) is 15.2. The second kappa shape index (κ2) is 15.3. The van der Waals surface area contributed by atoms with Crippen LogP contribution in [0.1, 0.15) is 25.0 Å². The molecule has 72 heavy (non-hydrogen) atoms. The Bertz CT molecular complexity index is 4450. The van der Waals surface area contributed by atoms with Crippen molar-refractivity contribution in [1.29, 1.82) is 0 Å². The smallest absolute Gasteiger partial charge is 0.164 e. The minimum atomic E-state index is -0.222. The second-order valence-corrected chi connectivity index (χ2v) is 19.6. The zero-order chi connectivity index (χ0) is 47.7. The molecule has 0 saturated heterocycles. The number of para-hydroxylation sites is 3. The van der Waals surface area contributed by atoms with Crippen molar-refractivity contribution in [2.45, 2.75) is 19.3 Å². The molecule has 15 rings (SSSR count). The van der Waals surface area contributed by atoms with E-state index < -0.39 is 0 Å². The van der Waals surface area contributed by atoms with E-state index in [-0.39, 0.29) is 5.41 Å². The van der Waals surface area contributed by atoms with Gasteiger partial charge in [0.1, 0.15) is 11.2 Å². The van der Waals surface area contributed by atoms with Crippen molar-refractivity contribution in [3.05, 3.63) is 236 Å². The highest BCUT2D eigenvalue weighted by molar-refractivity contribution is 6.18. The summed E-state index contributed by atoms with van der Waals surface area (Å²) in [5.74, 6) is 1.93. The fraction of sp³-hybridized carbons (Fsp3) is 0.0455. The molecule has 0 amide bonds. The number of benzene rings is 10. The molecule has 0 atom stereocenters. The maximum atomic E-state index is 6.43. The lowest BCUT2D eigenvalue weighted by Gasteiger charge is -2.22. The molecule has 6 heteroatoms. The summed E-state index contributed by atoms with van der Waals surface area (Å²) >= 11 is 0. The molecule has 10 aromatic carbocycles. The van der Waals surface area contributed by atoms with Gasteiger partial charge in [-0.3, -0.25) is 0 Å². The van der Waals surface area contributed by atoms with Crippen molar-refractivity contribution in [1.82, 2.24) is 24.1 Å². The summed E-state index contributed by atoms with van der Waals surface area (Å²) in [5, 5.41) is 7.13. The molecule has 0 radical (unpaired) electrons. The Kier molecular flexibility index (Phi) is 8.61. The fourth-order valence-corrected chi connectivity index (χ4v) is 11.6. The van der Waals surface area contributed by atoms with E-state index in [0.29, 0.717) is 17.5 Å². The van der Waals surface area contributed by atoms with Crippen LogP contribution in [0.4, 0.5) is 0 Å². The van der Waals surface area contributed by atoms with Gasteiger partial charge < -0.3 is 13.6 Å². The van der Waals surface area contributed by atoms with E-state index in [1.54, 1.807) is 0 Å². The lowest BCUT2D eigenvalue weighted by molar-refractivity contribution is 0.661. The molecule has 0 aliphatic heterocycles. The van der Waals surface area contributed by atoms with Gasteiger partial charge in [0.2, 0.25) is 0 Å². The molecule has 0 saturated carbocycles. The molecular formula is C66H43N5O. The van der Waals surface area contributed by atoms with Crippen LogP contribution >= 0.6 is 0 Å². The standard InChI is InChI=1S/C66H43N5O/c1-66(2)55-32-28-43(44-29-33-58-51(35-44)53-37-54-48-23-13-15-25-61(48)72-62(54)39-60(53)70(58)45-20-10-5-11-21-45)34-49(55)50-36-52-47-22-12-14-24-57(47)71(59(52)38-56(50)66)46-30-26-42(27-31-46)65-68-63(40-16-6-3-7-17-40)67-64(69-65)41-18-8-4-9-19-41/h3-39H,1-2H3. The Morgan fingerprint density at radius 2 is 0.819 bits per heavy atom. The predicted molar refractivity (Wildman–Crippen MR) is 295 cm³/mol. The van der Waals surface area contributed by atoms with Crippen LogP contribution in [-0.4, -0.2) is 24.1 Å². The van der Waals surface area contributed by atoms with Crippen LogP contribution < -0.4 is 0 Å². The van der Waals surface area contributed by atoms with Gasteiger partial charge in [-0.25, -0.2) is 15.0 Å². The molecule has 338 valence electrons. The van der Waals surface area contributed by atoms with Gasteiger partial charge in [-0.15, -0.1) is 0 Å². The molecule has 4 heterocycles. The summed E-state index contributed by atoms with van der Waals surface area (Å²) in [6, 6.07) is 80.3. The van der Waals surface area contributed by atoms with Gasteiger partial charge >= 0.3 is 0 Å². The Labute approximate surface area is 414 Å². The number of furan rings is 1. The first-order valence-corrected chi connectivity index (χ1v) is 24.6. The SMILES string of the molecule is CC1(C)c2ccc(-c3ccc4c(c3)c3cc5c(cc3n4-c3ccccc3)oc3ccccc35)cc2-c2cc3c4ccccc4n(-c4ccc(-c5nc(-c6ccccc6)nc(-c6ccccc6)n5)cc4)c3cc21. The monoisotopic (exact) mass is 921 g/mol. The maximum absolute atomic E-state index is 6.43. The largest absolute Gasteiger partial charge is 0.456 e. The van der Waals surface area contributed by atoms with Gasteiger partial charge in [0.25, 0.3) is 0 Å². The molecule has 6 nitrogen and oxygen atoms in total. The van der Waals surface area contributed by atoms with Gasteiger partial charge in [0.05, 0.1) is 22.1 Å². The number of hydrogen-bond donors (Lipinski definition) is 0. The molecule has 0 bridgehead atoms. The molecule has 0 unspecified atom stereocenters. The summed E-state index contributed by atoms with van der Waals surface area (Å²) < 4.78 is 11.2. The molecule has 1 aliphatic carbocycles. The highest BCUT2D eigenvalue weighted by Gasteiger charge is 2.37. The predicted octanol–water partition coefficient (Wildman–Crippen LogP) is 16.9. The van der Waals surface area contributed by atoms with Crippen LogP contribution in [0.15, 0.2) is 229 Å². The molecule has 4 aromatic heterocycles. The first kappa shape index (κ1) is 40.5. The van der Waals surface area contributed by atoms with Crippen LogP contribution in [0.5, 0.6) is 0 Å². The number of hydrogen-bond acceptors (Lipinski definition) is 4. The zero-order valence-corrected chi connectivity index (χ0v) is 39.5. The molecule has 14 aromatic rings. The fourth-order valence-electron chi connectivity index (χ4n) is 11.6. The average molecular weight is 922 g/mol. The molecular weight excluding hydrogens is 879 g/mol. The van der Waals surface area contributed by atoms with Crippen LogP contribution in [0, 0.1) is 0 Å². The first-order chi connectivity index (χ1) is 35.4. The first-order valence-electron chi connectivity index (χ1n) is 24.6. The van der Waals surface area contributed by atoms with Gasteiger partial charge in [0, 0.05) is 71.9 Å². The van der Waals surface area contributed by atoms with Crippen LogP contribution in [0.3, 0.4) is 0 Å². The van der Waals surface area contributed by atoms with Crippen molar-refractivity contribution in [2.24, 2.45) is 0 Å². The lowest BCUT2D eigenvalue weighted by Crippen LogP contribution is -2.15. The van der Waals surface area contributed by atoms with Crippen LogP contribution in [-0.2, 0) is 5.41 Å². The Balaban J connectivity index is 0.851. The Morgan fingerprint density at radius 1 is 0.319 bits per heavy atom. The highest BCUT2D eigenvalue weighted by atomic mass is 16.3. The Hall–Kier alpha value is -9.39. The molecule has 0 N–H and O–H groups in total.